The molecule has 2 heterocycles. The summed E-state index contributed by atoms with van der Waals surface area (Å²) in [5.74, 6) is -0.622. The molecule has 2 atom stereocenters. The molecule has 2 saturated heterocycles. The second-order valence-electron chi connectivity index (χ2n) is 7.03. The topological polar surface area (TPSA) is 49.8 Å². The van der Waals surface area contributed by atoms with Crippen LogP contribution >= 0.6 is 0 Å². The number of hydrogen-bond donors (Lipinski definition) is 1. The zero-order chi connectivity index (χ0) is 13.7. The maximum Gasteiger partial charge on any atom is 0.306 e. The maximum atomic E-state index is 10.9. The zero-order valence-electron chi connectivity index (χ0n) is 12.1. The largest absolute Gasteiger partial charge is 0.481 e. The van der Waals surface area contributed by atoms with Gasteiger partial charge in [0.25, 0.3) is 0 Å². The van der Waals surface area contributed by atoms with Gasteiger partial charge < -0.3 is 9.84 Å². The fraction of sp³-hybridized carbons (Fsp3) is 0.929. The molecule has 0 radical (unpaired) electrons. The third-order valence-corrected chi connectivity index (χ3v) is 4.50. The first-order chi connectivity index (χ1) is 8.12. The highest BCUT2D eigenvalue weighted by Gasteiger charge is 2.51. The molecule has 2 aliphatic heterocycles. The van der Waals surface area contributed by atoms with Crippen LogP contribution in [0.15, 0.2) is 0 Å². The Balaban J connectivity index is 1.95. The number of carboxylic acids is 1. The Morgan fingerprint density at radius 1 is 1.33 bits per heavy atom. The van der Waals surface area contributed by atoms with E-state index in [-0.39, 0.29) is 17.1 Å². The van der Waals surface area contributed by atoms with Crippen molar-refractivity contribution in [3.8, 4) is 0 Å². The van der Waals surface area contributed by atoms with Crippen LogP contribution in [0.5, 0.6) is 0 Å². The number of carboxylic acid groups (broad SMARTS) is 1. The molecule has 0 aromatic heterocycles. The molecule has 0 amide bonds. The van der Waals surface area contributed by atoms with E-state index < -0.39 is 5.97 Å². The summed E-state index contributed by atoms with van der Waals surface area (Å²) in [5.41, 5.74) is -0.210. The lowest BCUT2D eigenvalue weighted by molar-refractivity contribution is -0.147. The highest BCUT2D eigenvalue weighted by atomic mass is 16.5. The van der Waals surface area contributed by atoms with Gasteiger partial charge in [0, 0.05) is 19.1 Å². The van der Waals surface area contributed by atoms with Gasteiger partial charge in [0.2, 0.25) is 0 Å². The number of nitrogens with zero attached hydrogens (tertiary/aromatic N) is 1. The molecule has 2 aliphatic rings. The summed E-state index contributed by atoms with van der Waals surface area (Å²) in [4.78, 5) is 13.3. The predicted molar refractivity (Wildman–Crippen MR) is 69.5 cm³/mol. The molecule has 1 N–H and O–H groups in total. The molecule has 0 spiro atoms. The Kier molecular flexibility index (Phi) is 3.23. The van der Waals surface area contributed by atoms with Crippen molar-refractivity contribution >= 4 is 5.97 Å². The molecular formula is C14H25NO3. The SMILES string of the molecule is CC(C(=O)O)C1CN(C2CC(C)(C)OC2(C)C)C1. The minimum atomic E-state index is -0.679. The van der Waals surface area contributed by atoms with Crippen molar-refractivity contribution in [1.82, 2.24) is 4.90 Å². The molecule has 104 valence electrons. The van der Waals surface area contributed by atoms with Crippen molar-refractivity contribution in [2.45, 2.75) is 58.3 Å². The summed E-state index contributed by atoms with van der Waals surface area (Å²) < 4.78 is 6.09. The first kappa shape index (κ1) is 13.8. The van der Waals surface area contributed by atoms with Gasteiger partial charge in [-0.1, -0.05) is 6.92 Å². The van der Waals surface area contributed by atoms with Crippen LogP contribution in [0.2, 0.25) is 0 Å². The van der Waals surface area contributed by atoms with Gasteiger partial charge in [0.05, 0.1) is 17.1 Å². The normalized spacial score (nSPS) is 33.1. The number of likely N-dealkylation sites (tertiary alicyclic amines) is 1. The van der Waals surface area contributed by atoms with Crippen LogP contribution in [0.4, 0.5) is 0 Å². The molecule has 4 nitrogen and oxygen atoms in total. The first-order valence-electron chi connectivity index (χ1n) is 6.79. The fourth-order valence-electron chi connectivity index (χ4n) is 3.42. The fourth-order valence-corrected chi connectivity index (χ4v) is 3.42. The van der Waals surface area contributed by atoms with Gasteiger partial charge in [-0.25, -0.2) is 0 Å². The van der Waals surface area contributed by atoms with Crippen molar-refractivity contribution in [3.63, 3.8) is 0 Å². The van der Waals surface area contributed by atoms with E-state index in [1.54, 1.807) is 0 Å². The van der Waals surface area contributed by atoms with E-state index in [1.807, 2.05) is 6.92 Å². The van der Waals surface area contributed by atoms with Crippen LogP contribution < -0.4 is 0 Å². The molecule has 0 aromatic rings. The van der Waals surface area contributed by atoms with E-state index in [9.17, 15) is 4.79 Å². The molecule has 2 fully saturated rings. The minimum Gasteiger partial charge on any atom is -0.481 e. The third-order valence-electron chi connectivity index (χ3n) is 4.50. The molecular weight excluding hydrogens is 230 g/mol. The van der Waals surface area contributed by atoms with E-state index in [0.29, 0.717) is 12.0 Å². The van der Waals surface area contributed by atoms with Crippen LogP contribution in [-0.4, -0.2) is 46.3 Å². The van der Waals surface area contributed by atoms with Gasteiger partial charge in [0.1, 0.15) is 0 Å². The van der Waals surface area contributed by atoms with Gasteiger partial charge in [0.15, 0.2) is 0 Å². The second kappa shape index (κ2) is 4.20. The summed E-state index contributed by atoms with van der Waals surface area (Å²) in [6.45, 7) is 12.1. The monoisotopic (exact) mass is 255 g/mol. The Bertz CT molecular complexity index is 345. The highest BCUT2D eigenvalue weighted by Crippen LogP contribution is 2.43. The van der Waals surface area contributed by atoms with Gasteiger partial charge in [-0.2, -0.15) is 0 Å². The minimum absolute atomic E-state index is 0.0718. The lowest BCUT2D eigenvalue weighted by Gasteiger charge is -2.48. The Hall–Kier alpha value is -0.610. The van der Waals surface area contributed by atoms with E-state index in [2.05, 4.69) is 32.6 Å². The average molecular weight is 255 g/mol. The number of ether oxygens (including phenoxy) is 1. The maximum absolute atomic E-state index is 10.9. The summed E-state index contributed by atoms with van der Waals surface area (Å²) >= 11 is 0. The number of rotatable bonds is 3. The van der Waals surface area contributed by atoms with E-state index in [0.717, 1.165) is 19.5 Å². The summed E-state index contributed by atoms with van der Waals surface area (Å²) in [6.07, 6.45) is 1.02. The Labute approximate surface area is 109 Å². The average Bonchev–Trinajstić information content (AvgIpc) is 2.31. The molecule has 2 rings (SSSR count). The van der Waals surface area contributed by atoms with Crippen molar-refractivity contribution in [2.75, 3.05) is 13.1 Å². The van der Waals surface area contributed by atoms with Crippen LogP contribution in [-0.2, 0) is 9.53 Å². The lowest BCUT2D eigenvalue weighted by Crippen LogP contribution is -2.59. The second-order valence-corrected chi connectivity index (χ2v) is 7.03. The zero-order valence-corrected chi connectivity index (χ0v) is 12.1. The van der Waals surface area contributed by atoms with Gasteiger partial charge in [-0.05, 0) is 40.0 Å². The standard InChI is InChI=1S/C14H25NO3/c1-9(12(16)17)10-7-15(8-10)11-6-13(2,3)18-14(11,4)5/h9-11H,6-8H2,1-5H3,(H,16,17). The Morgan fingerprint density at radius 2 is 1.89 bits per heavy atom. The van der Waals surface area contributed by atoms with Gasteiger partial charge >= 0.3 is 5.97 Å². The Morgan fingerprint density at radius 3 is 2.28 bits per heavy atom. The summed E-state index contributed by atoms with van der Waals surface area (Å²) in [6, 6.07) is 0.407. The predicted octanol–water partition coefficient (Wildman–Crippen LogP) is 1.98. The van der Waals surface area contributed by atoms with Crippen LogP contribution in [0.25, 0.3) is 0 Å². The quantitative estimate of drug-likeness (QED) is 0.838. The molecule has 18 heavy (non-hydrogen) atoms. The summed E-state index contributed by atoms with van der Waals surface area (Å²) in [7, 11) is 0. The molecule has 0 aromatic carbocycles. The van der Waals surface area contributed by atoms with Crippen molar-refractivity contribution in [1.29, 1.82) is 0 Å². The smallest absolute Gasteiger partial charge is 0.306 e. The van der Waals surface area contributed by atoms with E-state index in [1.165, 1.54) is 0 Å². The van der Waals surface area contributed by atoms with Crippen molar-refractivity contribution in [2.24, 2.45) is 11.8 Å². The van der Waals surface area contributed by atoms with E-state index in [4.69, 9.17) is 9.84 Å². The lowest BCUT2D eigenvalue weighted by atomic mass is 9.82. The number of hydrogen-bond acceptors (Lipinski definition) is 3. The van der Waals surface area contributed by atoms with Gasteiger partial charge in [-0.3, -0.25) is 9.69 Å². The molecule has 2 unspecified atom stereocenters. The highest BCUT2D eigenvalue weighted by molar-refractivity contribution is 5.70. The molecule has 0 saturated carbocycles. The van der Waals surface area contributed by atoms with Crippen LogP contribution in [0.3, 0.4) is 0 Å². The summed E-state index contributed by atoms with van der Waals surface area (Å²) in [5, 5.41) is 9.01. The third kappa shape index (κ3) is 2.41. The first-order valence-corrected chi connectivity index (χ1v) is 6.79. The molecule has 0 bridgehead atoms. The molecule has 0 aliphatic carbocycles. The van der Waals surface area contributed by atoms with Crippen molar-refractivity contribution in [3.05, 3.63) is 0 Å². The van der Waals surface area contributed by atoms with Gasteiger partial charge in [-0.15, -0.1) is 0 Å². The number of carbonyl (C=O) groups is 1. The molecule has 4 heteroatoms. The van der Waals surface area contributed by atoms with Crippen LogP contribution in [0.1, 0.15) is 41.0 Å². The van der Waals surface area contributed by atoms with Crippen LogP contribution in [0, 0.1) is 11.8 Å². The number of aliphatic carboxylic acids is 1. The van der Waals surface area contributed by atoms with E-state index >= 15 is 0 Å². The van der Waals surface area contributed by atoms with Crippen molar-refractivity contribution < 1.29 is 14.6 Å².